The Labute approximate surface area is 135 Å². The van der Waals surface area contributed by atoms with Crippen molar-refractivity contribution < 1.29 is 19.1 Å². The summed E-state index contributed by atoms with van der Waals surface area (Å²) in [5, 5.41) is 0. The topological polar surface area (TPSA) is 52.6 Å². The van der Waals surface area contributed by atoms with Crippen molar-refractivity contribution in [2.24, 2.45) is 0 Å². The molecule has 1 fully saturated rings. The first-order valence-electron chi connectivity index (χ1n) is 7.51. The van der Waals surface area contributed by atoms with Gasteiger partial charge in [0.25, 0.3) is 0 Å². The molecule has 2 aromatic rings. The van der Waals surface area contributed by atoms with E-state index in [-0.39, 0.29) is 17.6 Å². The molecule has 1 saturated carbocycles. The van der Waals surface area contributed by atoms with E-state index in [1.807, 2.05) is 54.6 Å². The van der Waals surface area contributed by atoms with Gasteiger partial charge in [-0.05, 0) is 23.3 Å². The van der Waals surface area contributed by atoms with Gasteiger partial charge in [-0.1, -0.05) is 42.5 Å². The third-order valence-electron chi connectivity index (χ3n) is 4.22. The quantitative estimate of drug-likeness (QED) is 0.814. The number of hydrogen-bond acceptors (Lipinski definition) is 4. The van der Waals surface area contributed by atoms with Crippen molar-refractivity contribution in [2.75, 3.05) is 7.11 Å². The second kappa shape index (κ2) is 6.24. The number of ketones is 1. The van der Waals surface area contributed by atoms with Gasteiger partial charge in [-0.25, -0.2) is 0 Å². The summed E-state index contributed by atoms with van der Waals surface area (Å²) in [6.07, 6.45) is -0.706. The molecule has 0 N–H and O–H groups in total. The number of benzene rings is 2. The Balaban J connectivity index is 1.94. The Hall–Kier alpha value is -2.62. The van der Waals surface area contributed by atoms with Crippen LogP contribution in [-0.4, -0.2) is 25.0 Å². The maximum absolute atomic E-state index is 12.5. The molecule has 4 nitrogen and oxygen atoms in total. The van der Waals surface area contributed by atoms with Crippen LogP contribution in [0.15, 0.2) is 54.6 Å². The summed E-state index contributed by atoms with van der Waals surface area (Å²) < 4.78 is 10.4. The highest BCUT2D eigenvalue weighted by Crippen LogP contribution is 2.48. The van der Waals surface area contributed by atoms with Crippen molar-refractivity contribution in [3.05, 3.63) is 65.7 Å². The molecule has 23 heavy (non-hydrogen) atoms. The highest BCUT2D eigenvalue weighted by Gasteiger charge is 2.53. The van der Waals surface area contributed by atoms with Crippen LogP contribution >= 0.6 is 0 Å². The summed E-state index contributed by atoms with van der Waals surface area (Å²) in [4.78, 5) is 23.8. The first kappa shape index (κ1) is 15.3. The van der Waals surface area contributed by atoms with Crippen molar-refractivity contribution in [3.63, 3.8) is 0 Å². The molecule has 1 aliphatic carbocycles. The maximum Gasteiger partial charge on any atom is 0.303 e. The lowest BCUT2D eigenvalue weighted by Crippen LogP contribution is -2.50. The molecular weight excluding hydrogens is 292 g/mol. The van der Waals surface area contributed by atoms with Gasteiger partial charge in [-0.2, -0.15) is 0 Å². The van der Waals surface area contributed by atoms with Gasteiger partial charge < -0.3 is 9.47 Å². The Morgan fingerprint density at radius 1 is 0.957 bits per heavy atom. The standard InChI is InChI=1S/C19H18O4/c1-12(20)23-19-17(13-6-4-3-5-7-13)16(18(19)21)14-8-10-15(22-2)11-9-14/h3-11,16-17,19H,1-2H3/t16-,17+,19-/m0/s1. The van der Waals surface area contributed by atoms with Crippen LogP contribution < -0.4 is 4.74 Å². The van der Waals surface area contributed by atoms with Crippen molar-refractivity contribution in [3.8, 4) is 5.75 Å². The number of methoxy groups -OCH3 is 1. The van der Waals surface area contributed by atoms with E-state index in [4.69, 9.17) is 9.47 Å². The van der Waals surface area contributed by atoms with Crippen LogP contribution in [0.2, 0.25) is 0 Å². The predicted molar refractivity (Wildman–Crippen MR) is 85.5 cm³/mol. The van der Waals surface area contributed by atoms with Gasteiger partial charge >= 0.3 is 5.97 Å². The lowest BCUT2D eigenvalue weighted by atomic mass is 9.63. The molecule has 0 amide bonds. The van der Waals surface area contributed by atoms with E-state index < -0.39 is 12.1 Å². The van der Waals surface area contributed by atoms with E-state index in [1.165, 1.54) is 6.92 Å². The lowest BCUT2D eigenvalue weighted by Gasteiger charge is -2.42. The zero-order chi connectivity index (χ0) is 16.4. The predicted octanol–water partition coefficient (Wildman–Crippen LogP) is 3.08. The molecule has 1 aliphatic rings. The molecule has 0 aliphatic heterocycles. The second-order valence-corrected chi connectivity index (χ2v) is 5.62. The lowest BCUT2D eigenvalue weighted by molar-refractivity contribution is -0.163. The Bertz CT molecular complexity index is 706. The van der Waals surface area contributed by atoms with E-state index in [9.17, 15) is 9.59 Å². The average Bonchev–Trinajstić information content (AvgIpc) is 2.58. The molecule has 0 spiro atoms. The zero-order valence-corrected chi connectivity index (χ0v) is 13.1. The van der Waals surface area contributed by atoms with Crippen LogP contribution in [0.25, 0.3) is 0 Å². The highest BCUT2D eigenvalue weighted by molar-refractivity contribution is 5.99. The van der Waals surface area contributed by atoms with E-state index in [2.05, 4.69) is 0 Å². The fraction of sp³-hybridized carbons (Fsp3) is 0.263. The van der Waals surface area contributed by atoms with Gasteiger partial charge in [0, 0.05) is 12.8 Å². The average molecular weight is 310 g/mol. The first-order chi connectivity index (χ1) is 11.1. The molecule has 0 saturated heterocycles. The minimum absolute atomic E-state index is 0.0563. The zero-order valence-electron chi connectivity index (χ0n) is 13.1. The fourth-order valence-electron chi connectivity index (χ4n) is 3.12. The van der Waals surface area contributed by atoms with Gasteiger partial charge in [0.15, 0.2) is 11.9 Å². The Morgan fingerprint density at radius 3 is 2.17 bits per heavy atom. The van der Waals surface area contributed by atoms with E-state index in [0.29, 0.717) is 0 Å². The van der Waals surface area contributed by atoms with Crippen molar-refractivity contribution in [2.45, 2.75) is 24.9 Å². The molecular formula is C19H18O4. The number of rotatable bonds is 4. The van der Waals surface area contributed by atoms with Gasteiger partial charge in [0.1, 0.15) is 5.75 Å². The summed E-state index contributed by atoms with van der Waals surface area (Å²) in [6, 6.07) is 17.2. The van der Waals surface area contributed by atoms with Gasteiger partial charge in [0.2, 0.25) is 0 Å². The number of carbonyl (C=O) groups excluding carboxylic acids is 2. The monoisotopic (exact) mass is 310 g/mol. The largest absolute Gasteiger partial charge is 0.497 e. The molecule has 3 rings (SSSR count). The number of hydrogen-bond donors (Lipinski definition) is 0. The SMILES string of the molecule is COc1ccc([C@@H]2C(=O)[C@@H](OC(C)=O)[C@@H]2c2ccccc2)cc1. The van der Waals surface area contributed by atoms with Gasteiger partial charge in [0.05, 0.1) is 13.0 Å². The summed E-state index contributed by atoms with van der Waals surface area (Å²) in [5.41, 5.74) is 1.91. The van der Waals surface area contributed by atoms with Crippen molar-refractivity contribution in [1.29, 1.82) is 0 Å². The van der Waals surface area contributed by atoms with Gasteiger partial charge in [-0.3, -0.25) is 9.59 Å². The van der Waals surface area contributed by atoms with Crippen LogP contribution in [0.1, 0.15) is 29.9 Å². The molecule has 0 aromatic heterocycles. The molecule has 3 atom stereocenters. The van der Waals surface area contributed by atoms with Crippen molar-refractivity contribution in [1.82, 2.24) is 0 Å². The molecule has 0 bridgehead atoms. The van der Waals surface area contributed by atoms with E-state index in [0.717, 1.165) is 16.9 Å². The highest BCUT2D eigenvalue weighted by atomic mass is 16.5. The molecule has 118 valence electrons. The summed E-state index contributed by atoms with van der Waals surface area (Å²) in [5.74, 6) is -0.196. The van der Waals surface area contributed by atoms with Crippen LogP contribution in [-0.2, 0) is 14.3 Å². The summed E-state index contributed by atoms with van der Waals surface area (Å²) in [6.45, 7) is 1.33. The maximum atomic E-state index is 12.5. The molecule has 0 unspecified atom stereocenters. The van der Waals surface area contributed by atoms with Crippen LogP contribution in [0, 0.1) is 0 Å². The van der Waals surface area contributed by atoms with E-state index in [1.54, 1.807) is 7.11 Å². The number of esters is 1. The number of Topliss-reactive ketones (excluding diaryl/α,β-unsaturated/α-hetero) is 1. The summed E-state index contributed by atoms with van der Waals surface area (Å²) in [7, 11) is 1.60. The van der Waals surface area contributed by atoms with Crippen molar-refractivity contribution >= 4 is 11.8 Å². The molecule has 2 aromatic carbocycles. The molecule has 0 heterocycles. The van der Waals surface area contributed by atoms with Crippen LogP contribution in [0.5, 0.6) is 5.75 Å². The third-order valence-corrected chi connectivity index (χ3v) is 4.22. The van der Waals surface area contributed by atoms with Gasteiger partial charge in [-0.15, -0.1) is 0 Å². The van der Waals surface area contributed by atoms with Crippen LogP contribution in [0.4, 0.5) is 0 Å². The minimum atomic E-state index is -0.706. The first-order valence-corrected chi connectivity index (χ1v) is 7.51. The number of ether oxygens (including phenoxy) is 2. The van der Waals surface area contributed by atoms with Crippen LogP contribution in [0.3, 0.4) is 0 Å². The normalized spacial score (nSPS) is 23.0. The molecule has 4 heteroatoms. The Morgan fingerprint density at radius 2 is 1.61 bits per heavy atom. The second-order valence-electron chi connectivity index (χ2n) is 5.62. The fourth-order valence-corrected chi connectivity index (χ4v) is 3.12. The minimum Gasteiger partial charge on any atom is -0.497 e. The third kappa shape index (κ3) is 2.84. The smallest absolute Gasteiger partial charge is 0.303 e. The summed E-state index contributed by atoms with van der Waals surface area (Å²) >= 11 is 0. The molecule has 0 radical (unpaired) electrons. The number of carbonyl (C=O) groups is 2. The Kier molecular flexibility index (Phi) is 4.15. The van der Waals surface area contributed by atoms with E-state index >= 15 is 0 Å².